The SMILES string of the molecule is CC1=C(C)SC(C)(C)C(C)(C)O1.Cc1nc(C)c(C)c(C)c1C.Cc1nc(C)c(C)c(C)n1.Cc1nc(C)c(C)c(C)n1.Cc1nc(C)c(C)c(C)n1.Cc1nc(C)c(C)nc1C.Cc1nnc(C)c(C)c1C.Cc1nnc(C)c(C)c1C. The number of nitrogens with zero attached hydrogens (tertiary/aromatic N) is 13. The molecule has 0 unspecified atom stereocenters. The van der Waals surface area contributed by atoms with Crippen molar-refractivity contribution in [2.75, 3.05) is 0 Å². The lowest BCUT2D eigenvalue weighted by molar-refractivity contribution is 0.00569. The van der Waals surface area contributed by atoms with Crippen molar-refractivity contribution in [2.45, 2.75) is 253 Å². The van der Waals surface area contributed by atoms with E-state index in [1.165, 1.54) is 60.5 Å². The van der Waals surface area contributed by atoms with Crippen LogP contribution in [-0.2, 0) is 4.74 Å². The van der Waals surface area contributed by atoms with Crippen LogP contribution in [0.2, 0.25) is 0 Å². The molecule has 0 aromatic carbocycles. The highest BCUT2D eigenvalue weighted by Gasteiger charge is 2.43. The normalized spacial score (nSPS) is 12.5. The lowest BCUT2D eigenvalue weighted by atomic mass is 9.93. The molecule has 0 fully saturated rings. The van der Waals surface area contributed by atoms with Gasteiger partial charge in [-0.15, -0.1) is 11.8 Å². The van der Waals surface area contributed by atoms with E-state index >= 15 is 0 Å². The molecule has 14 nitrogen and oxygen atoms in total. The predicted molar refractivity (Wildman–Crippen MR) is 349 cm³/mol. The zero-order valence-corrected chi connectivity index (χ0v) is 58.9. The summed E-state index contributed by atoms with van der Waals surface area (Å²) in [5, 5.41) is 16.0. The Bertz CT molecular complexity index is 2970. The summed E-state index contributed by atoms with van der Waals surface area (Å²) in [4.78, 5) is 39.7. The van der Waals surface area contributed by atoms with Crippen LogP contribution in [0, 0.1) is 201 Å². The Hall–Kier alpha value is -6.48. The van der Waals surface area contributed by atoms with Crippen LogP contribution in [0.1, 0.15) is 206 Å². The highest BCUT2D eigenvalue weighted by Crippen LogP contribution is 2.47. The smallest absolute Gasteiger partial charge is 0.125 e. The van der Waals surface area contributed by atoms with E-state index in [4.69, 9.17) is 4.74 Å². The average Bonchev–Trinajstić information content (AvgIpc) is 3.59. The molecule has 0 saturated heterocycles. The van der Waals surface area contributed by atoms with E-state index in [0.29, 0.717) is 0 Å². The minimum absolute atomic E-state index is 0.0682. The number of rotatable bonds is 0. The molecule has 1 aliphatic heterocycles. The summed E-state index contributed by atoms with van der Waals surface area (Å²) in [6.07, 6.45) is 0. The van der Waals surface area contributed by atoms with Crippen molar-refractivity contribution in [3.05, 3.63) is 175 Å². The Balaban J connectivity index is 0.000000475. The van der Waals surface area contributed by atoms with Crippen molar-refractivity contribution >= 4 is 11.8 Å². The van der Waals surface area contributed by atoms with Crippen LogP contribution in [0.25, 0.3) is 0 Å². The Morgan fingerprint density at radius 2 is 0.422 bits per heavy atom. The van der Waals surface area contributed by atoms with Gasteiger partial charge in [0.05, 0.1) is 50.3 Å². The first kappa shape index (κ1) is 74.5. The largest absolute Gasteiger partial charge is 0.490 e. The third-order valence-electron chi connectivity index (χ3n) is 16.3. The Labute approximate surface area is 506 Å². The first-order valence-electron chi connectivity index (χ1n) is 28.6. The number of hydrogen-bond acceptors (Lipinski definition) is 15. The van der Waals surface area contributed by atoms with E-state index < -0.39 is 0 Å². The molecular formula is C68H105N13OS. The summed E-state index contributed by atoms with van der Waals surface area (Å²) in [6.45, 7) is 71.6. The molecule has 1 aliphatic rings. The third-order valence-corrected chi connectivity index (χ3v) is 17.9. The van der Waals surface area contributed by atoms with Gasteiger partial charge in [0.2, 0.25) is 0 Å². The summed E-state index contributed by atoms with van der Waals surface area (Å²) in [5.41, 5.74) is 29.7. The van der Waals surface area contributed by atoms with Gasteiger partial charge in [0.1, 0.15) is 28.8 Å². The van der Waals surface area contributed by atoms with Crippen LogP contribution in [0.3, 0.4) is 0 Å². The van der Waals surface area contributed by atoms with E-state index in [2.05, 4.69) is 162 Å². The van der Waals surface area contributed by atoms with Gasteiger partial charge < -0.3 is 4.74 Å². The molecule has 0 N–H and O–H groups in total. The fourth-order valence-corrected chi connectivity index (χ4v) is 8.97. The maximum absolute atomic E-state index is 5.86. The second-order valence-corrected chi connectivity index (χ2v) is 24.8. The second-order valence-electron chi connectivity index (χ2n) is 23.0. The van der Waals surface area contributed by atoms with Crippen molar-refractivity contribution in [1.29, 1.82) is 0 Å². The summed E-state index contributed by atoms with van der Waals surface area (Å²) in [7, 11) is 0. The molecule has 7 aromatic rings. The summed E-state index contributed by atoms with van der Waals surface area (Å²) < 4.78 is 6.02. The Kier molecular flexibility index (Phi) is 29.2. The topological polar surface area (TPSA) is 177 Å². The lowest BCUT2D eigenvalue weighted by Gasteiger charge is -2.45. The molecule has 15 heteroatoms. The fraction of sp³-hybridized carbons (Fsp3) is 0.544. The average molecular weight is 1150 g/mol. The minimum atomic E-state index is -0.0682. The van der Waals surface area contributed by atoms with Gasteiger partial charge >= 0.3 is 0 Å². The van der Waals surface area contributed by atoms with Gasteiger partial charge in [-0.05, 0) is 298 Å². The third kappa shape index (κ3) is 22.6. The van der Waals surface area contributed by atoms with Crippen LogP contribution in [0.4, 0.5) is 0 Å². The van der Waals surface area contributed by atoms with Crippen LogP contribution in [0.15, 0.2) is 10.7 Å². The zero-order chi connectivity index (χ0) is 64.5. The van der Waals surface area contributed by atoms with Crippen molar-refractivity contribution in [3.63, 3.8) is 0 Å². The van der Waals surface area contributed by atoms with Gasteiger partial charge in [-0.3, -0.25) is 15.0 Å². The van der Waals surface area contributed by atoms with Crippen molar-refractivity contribution in [3.8, 4) is 0 Å². The number of aryl methyl sites for hydroxylation is 19. The number of allylic oxidation sites excluding steroid dienone is 2. The molecule has 0 spiro atoms. The summed E-state index contributed by atoms with van der Waals surface area (Å²) >= 11 is 1.91. The Morgan fingerprint density at radius 1 is 0.229 bits per heavy atom. The van der Waals surface area contributed by atoms with E-state index in [-0.39, 0.29) is 10.3 Å². The van der Waals surface area contributed by atoms with E-state index in [0.717, 1.165) is 114 Å². The van der Waals surface area contributed by atoms with E-state index in [9.17, 15) is 0 Å². The molecule has 8 heterocycles. The standard InChI is InChI=1S/C10H15N.C10H18OS.6C8H12N2/c1-6-7(2)9(4)11-10(5)8(6)3;1-7-8(2)12-10(5,6)9(3,4)11-7;1-5-6(2)10-8(4)7(3)9-5;3*1-5-6(2)9-8(4)10-7(5)3;2*1-5-6(2)8(4)10-9-7(5)3/h1-5H3;1-6H3;6*1-4H3. The second kappa shape index (κ2) is 32.5. The highest BCUT2D eigenvalue weighted by atomic mass is 32.2. The van der Waals surface area contributed by atoms with Crippen molar-refractivity contribution < 1.29 is 4.74 Å². The number of ether oxygens (including phenoxy) is 1. The summed E-state index contributed by atoms with van der Waals surface area (Å²) in [6, 6.07) is 0. The molecule has 0 atom stereocenters. The molecule has 83 heavy (non-hydrogen) atoms. The van der Waals surface area contributed by atoms with Gasteiger partial charge in [-0.2, -0.15) is 20.4 Å². The molecule has 8 rings (SSSR count). The lowest BCUT2D eigenvalue weighted by Crippen LogP contribution is -2.46. The van der Waals surface area contributed by atoms with E-state index in [1.54, 1.807) is 0 Å². The first-order chi connectivity index (χ1) is 38.0. The number of pyridine rings is 1. The molecule has 0 saturated carbocycles. The number of thioether (sulfide) groups is 1. The Morgan fingerprint density at radius 3 is 0.639 bits per heavy atom. The maximum atomic E-state index is 5.86. The monoisotopic (exact) mass is 1150 g/mol. The van der Waals surface area contributed by atoms with Crippen LogP contribution < -0.4 is 0 Å². The quantitative estimate of drug-likeness (QED) is 0.140. The zero-order valence-electron chi connectivity index (χ0n) is 58.1. The minimum Gasteiger partial charge on any atom is -0.490 e. The summed E-state index contributed by atoms with van der Waals surface area (Å²) in [5.74, 6) is 3.66. The first-order valence-corrected chi connectivity index (χ1v) is 29.5. The van der Waals surface area contributed by atoms with Gasteiger partial charge in [0, 0.05) is 50.5 Å². The maximum Gasteiger partial charge on any atom is 0.125 e. The van der Waals surface area contributed by atoms with Crippen molar-refractivity contribution in [2.24, 2.45) is 0 Å². The number of aromatic nitrogens is 13. The van der Waals surface area contributed by atoms with E-state index in [1.807, 2.05) is 157 Å². The molecule has 0 aliphatic carbocycles. The fourth-order valence-electron chi connectivity index (χ4n) is 7.73. The van der Waals surface area contributed by atoms with Gasteiger partial charge in [0.15, 0.2) is 0 Å². The highest BCUT2D eigenvalue weighted by molar-refractivity contribution is 8.04. The van der Waals surface area contributed by atoms with Crippen LogP contribution >= 0.6 is 11.8 Å². The van der Waals surface area contributed by atoms with Crippen molar-refractivity contribution in [1.82, 2.24) is 65.3 Å². The molecule has 454 valence electrons. The number of hydrogen-bond donors (Lipinski definition) is 0. The predicted octanol–water partition coefficient (Wildman–Crippen LogP) is 16.4. The van der Waals surface area contributed by atoms with Gasteiger partial charge in [-0.25, -0.2) is 29.9 Å². The molecule has 0 amide bonds. The van der Waals surface area contributed by atoms with Gasteiger partial charge in [0.25, 0.3) is 0 Å². The van der Waals surface area contributed by atoms with Crippen LogP contribution in [0.5, 0.6) is 0 Å². The van der Waals surface area contributed by atoms with Gasteiger partial charge in [-0.1, -0.05) is 0 Å². The van der Waals surface area contributed by atoms with Crippen LogP contribution in [-0.4, -0.2) is 75.6 Å². The molecule has 0 bridgehead atoms. The molecule has 0 radical (unpaired) electrons. The molecular weight excluding hydrogens is 1050 g/mol. The molecule has 7 aromatic heterocycles.